The highest BCUT2D eigenvalue weighted by molar-refractivity contribution is 5.88. The first-order valence-corrected chi connectivity index (χ1v) is 12.1. The molecule has 0 radical (unpaired) electrons. The molecule has 1 atom stereocenters. The summed E-state index contributed by atoms with van der Waals surface area (Å²) in [5.41, 5.74) is 1.31. The lowest BCUT2D eigenvalue weighted by molar-refractivity contribution is -0.141. The van der Waals surface area contributed by atoms with Gasteiger partial charge < -0.3 is 15.0 Å². The predicted octanol–water partition coefficient (Wildman–Crippen LogP) is 5.15. The Morgan fingerprint density at radius 2 is 1.60 bits per heavy atom. The summed E-state index contributed by atoms with van der Waals surface area (Å²) in [4.78, 5) is 28.2. The van der Waals surface area contributed by atoms with Gasteiger partial charge in [-0.25, -0.2) is 4.39 Å². The Labute approximate surface area is 206 Å². The van der Waals surface area contributed by atoms with Crippen molar-refractivity contribution in [2.24, 2.45) is 0 Å². The largest absolute Gasteiger partial charge is 0.494 e. The molecule has 0 saturated carbocycles. The van der Waals surface area contributed by atoms with Gasteiger partial charge in [-0.2, -0.15) is 0 Å². The number of nitrogens with one attached hydrogen (secondary N) is 1. The molecule has 3 rings (SSSR count). The number of carbonyl (C=O) groups is 2. The lowest BCUT2D eigenvalue weighted by Gasteiger charge is -2.31. The van der Waals surface area contributed by atoms with Crippen molar-refractivity contribution in [2.45, 2.75) is 45.2 Å². The molecule has 0 aliphatic carbocycles. The fraction of sp³-hybridized carbons (Fsp3) is 0.310. The first kappa shape index (κ1) is 25.9. The summed E-state index contributed by atoms with van der Waals surface area (Å²) in [6, 6.07) is 24.6. The van der Waals surface area contributed by atoms with Crippen LogP contribution in [0.4, 0.5) is 4.39 Å². The molecular weight excluding hydrogens is 443 g/mol. The minimum absolute atomic E-state index is 0.0160. The van der Waals surface area contributed by atoms with Gasteiger partial charge in [-0.3, -0.25) is 9.59 Å². The molecule has 0 spiro atoms. The summed E-state index contributed by atoms with van der Waals surface area (Å²) in [5.74, 6) is -0.104. The van der Waals surface area contributed by atoms with Crippen molar-refractivity contribution in [3.63, 3.8) is 0 Å². The third-order valence-electron chi connectivity index (χ3n) is 5.67. The number of rotatable bonds is 13. The number of amides is 2. The van der Waals surface area contributed by atoms with Crippen molar-refractivity contribution in [2.75, 3.05) is 13.2 Å². The van der Waals surface area contributed by atoms with Crippen LogP contribution in [0.25, 0.3) is 0 Å². The highest BCUT2D eigenvalue weighted by Crippen LogP contribution is 2.18. The number of nitrogens with zero attached hydrogens (tertiary/aromatic N) is 1. The zero-order chi connectivity index (χ0) is 24.9. The smallest absolute Gasteiger partial charge is 0.243 e. The van der Waals surface area contributed by atoms with E-state index >= 15 is 0 Å². The summed E-state index contributed by atoms with van der Waals surface area (Å²) in [6.45, 7) is 2.87. The van der Waals surface area contributed by atoms with Crippen LogP contribution in [0, 0.1) is 5.82 Å². The Balaban J connectivity index is 1.79. The van der Waals surface area contributed by atoms with Crippen LogP contribution in [0.3, 0.4) is 0 Å². The van der Waals surface area contributed by atoms with Crippen molar-refractivity contribution in [1.82, 2.24) is 10.2 Å². The van der Waals surface area contributed by atoms with Crippen molar-refractivity contribution in [3.05, 3.63) is 102 Å². The van der Waals surface area contributed by atoms with E-state index < -0.39 is 11.9 Å². The summed E-state index contributed by atoms with van der Waals surface area (Å²) in [5, 5.41) is 2.93. The number of hydrogen-bond donors (Lipinski definition) is 1. The first-order chi connectivity index (χ1) is 17.1. The van der Waals surface area contributed by atoms with Gasteiger partial charge in [-0.15, -0.1) is 0 Å². The molecule has 1 unspecified atom stereocenters. The first-order valence-electron chi connectivity index (χ1n) is 12.1. The Hall–Kier alpha value is -3.67. The second kappa shape index (κ2) is 13.9. The molecule has 3 aromatic carbocycles. The quantitative estimate of drug-likeness (QED) is 0.347. The van der Waals surface area contributed by atoms with E-state index in [4.69, 9.17) is 4.74 Å². The van der Waals surface area contributed by atoms with Crippen LogP contribution in [0.15, 0.2) is 84.9 Å². The maximum atomic E-state index is 14.5. The second-order valence-electron chi connectivity index (χ2n) is 8.37. The number of carbonyl (C=O) groups excluding carboxylic acids is 2. The molecule has 6 heteroatoms. The Kier molecular flexibility index (Phi) is 10.3. The van der Waals surface area contributed by atoms with Crippen LogP contribution in [-0.2, 0) is 22.6 Å². The molecule has 2 amide bonds. The zero-order valence-electron chi connectivity index (χ0n) is 20.2. The normalized spacial score (nSPS) is 11.5. The van der Waals surface area contributed by atoms with Gasteiger partial charge in [0.1, 0.15) is 17.6 Å². The molecular formula is C29H33FN2O3. The minimum Gasteiger partial charge on any atom is -0.494 e. The molecule has 0 aliphatic heterocycles. The number of hydrogen-bond acceptors (Lipinski definition) is 3. The van der Waals surface area contributed by atoms with Crippen LogP contribution in [-0.4, -0.2) is 35.9 Å². The van der Waals surface area contributed by atoms with Gasteiger partial charge in [-0.1, -0.05) is 73.7 Å². The Morgan fingerprint density at radius 3 is 2.29 bits per heavy atom. The highest BCUT2D eigenvalue weighted by Gasteiger charge is 2.30. The average Bonchev–Trinajstić information content (AvgIpc) is 2.89. The van der Waals surface area contributed by atoms with Gasteiger partial charge in [0.2, 0.25) is 11.8 Å². The summed E-state index contributed by atoms with van der Waals surface area (Å²) < 4.78 is 20.3. The van der Waals surface area contributed by atoms with Gasteiger partial charge in [0.05, 0.1) is 6.61 Å². The monoisotopic (exact) mass is 476 g/mol. The van der Waals surface area contributed by atoms with E-state index in [1.807, 2.05) is 67.6 Å². The summed E-state index contributed by atoms with van der Waals surface area (Å²) in [6.07, 6.45) is 1.79. The number of para-hydroxylation sites is 1. The molecule has 35 heavy (non-hydrogen) atoms. The van der Waals surface area contributed by atoms with Crippen molar-refractivity contribution in [1.29, 1.82) is 0 Å². The fourth-order valence-corrected chi connectivity index (χ4v) is 3.80. The van der Waals surface area contributed by atoms with Crippen molar-refractivity contribution in [3.8, 4) is 5.75 Å². The third-order valence-corrected chi connectivity index (χ3v) is 5.67. The van der Waals surface area contributed by atoms with Crippen molar-refractivity contribution < 1.29 is 18.7 Å². The minimum atomic E-state index is -0.758. The van der Waals surface area contributed by atoms with Gasteiger partial charge in [0.25, 0.3) is 0 Å². The van der Waals surface area contributed by atoms with Gasteiger partial charge in [0.15, 0.2) is 0 Å². The molecule has 0 aliphatic rings. The van der Waals surface area contributed by atoms with Crippen LogP contribution in [0.5, 0.6) is 5.75 Å². The van der Waals surface area contributed by atoms with Gasteiger partial charge in [-0.05, 0) is 36.6 Å². The number of benzene rings is 3. The van der Waals surface area contributed by atoms with E-state index in [0.29, 0.717) is 31.6 Å². The Morgan fingerprint density at radius 1 is 0.943 bits per heavy atom. The fourth-order valence-electron chi connectivity index (χ4n) is 3.80. The SMILES string of the molecule is CCCNC(=O)C(Cc1ccccc1)N(Cc1ccccc1F)C(=O)CCCOc1ccccc1. The van der Waals surface area contributed by atoms with E-state index in [-0.39, 0.29) is 24.8 Å². The van der Waals surface area contributed by atoms with Crippen LogP contribution in [0.2, 0.25) is 0 Å². The van der Waals surface area contributed by atoms with E-state index in [2.05, 4.69) is 5.32 Å². The van der Waals surface area contributed by atoms with Gasteiger partial charge in [0, 0.05) is 31.5 Å². The van der Waals surface area contributed by atoms with E-state index in [1.165, 1.54) is 11.0 Å². The Bertz CT molecular complexity index is 1060. The van der Waals surface area contributed by atoms with E-state index in [0.717, 1.165) is 17.7 Å². The van der Waals surface area contributed by atoms with E-state index in [1.54, 1.807) is 18.2 Å². The maximum absolute atomic E-state index is 14.5. The van der Waals surface area contributed by atoms with Crippen LogP contribution < -0.4 is 10.1 Å². The third kappa shape index (κ3) is 8.25. The van der Waals surface area contributed by atoms with Crippen LogP contribution >= 0.6 is 0 Å². The molecule has 5 nitrogen and oxygen atoms in total. The molecule has 0 heterocycles. The standard InChI is InChI=1S/C29H33FN2O3/c1-2-19-31-29(34)27(21-23-12-5-3-6-13-23)32(22-24-14-9-10-17-26(24)30)28(33)18-11-20-35-25-15-7-4-8-16-25/h3-10,12-17,27H,2,11,18-22H2,1H3,(H,31,34). The number of ether oxygens (including phenoxy) is 1. The molecule has 0 fully saturated rings. The predicted molar refractivity (Wildman–Crippen MR) is 135 cm³/mol. The highest BCUT2D eigenvalue weighted by atomic mass is 19.1. The second-order valence-corrected chi connectivity index (χ2v) is 8.37. The van der Waals surface area contributed by atoms with Crippen molar-refractivity contribution >= 4 is 11.8 Å². The molecule has 184 valence electrons. The maximum Gasteiger partial charge on any atom is 0.243 e. The molecule has 0 bridgehead atoms. The lowest BCUT2D eigenvalue weighted by Crippen LogP contribution is -2.50. The van der Waals surface area contributed by atoms with Crippen LogP contribution in [0.1, 0.15) is 37.3 Å². The average molecular weight is 477 g/mol. The number of halogens is 1. The molecule has 0 aromatic heterocycles. The molecule has 0 saturated heterocycles. The topological polar surface area (TPSA) is 58.6 Å². The van der Waals surface area contributed by atoms with E-state index in [9.17, 15) is 14.0 Å². The van der Waals surface area contributed by atoms with Gasteiger partial charge >= 0.3 is 0 Å². The summed E-state index contributed by atoms with van der Waals surface area (Å²) in [7, 11) is 0. The molecule has 1 N–H and O–H groups in total. The zero-order valence-corrected chi connectivity index (χ0v) is 20.2. The summed E-state index contributed by atoms with van der Waals surface area (Å²) >= 11 is 0. The molecule has 3 aromatic rings. The lowest BCUT2D eigenvalue weighted by atomic mass is 10.0.